The van der Waals surface area contributed by atoms with Gasteiger partial charge in [0.25, 0.3) is 5.91 Å². The van der Waals surface area contributed by atoms with Gasteiger partial charge in [0.2, 0.25) is 5.91 Å². The van der Waals surface area contributed by atoms with E-state index in [2.05, 4.69) is 5.32 Å². The molecule has 1 aromatic rings. The minimum atomic E-state index is -0.537. The number of methoxy groups -OCH3 is 2. The summed E-state index contributed by atoms with van der Waals surface area (Å²) in [6.45, 7) is 2.18. The number of amides is 2. The van der Waals surface area contributed by atoms with Gasteiger partial charge in [0, 0.05) is 12.6 Å². The van der Waals surface area contributed by atoms with Gasteiger partial charge in [0.05, 0.1) is 26.3 Å². The smallest absolute Gasteiger partial charge is 0.252 e. The Hall–Kier alpha value is -2.24. The van der Waals surface area contributed by atoms with E-state index in [1.54, 1.807) is 39.3 Å². The first-order valence-corrected chi connectivity index (χ1v) is 6.43. The number of anilines is 1. The number of carbonyl (C=O) groups is 2. The Morgan fingerprint density at radius 3 is 2.60 bits per heavy atom. The summed E-state index contributed by atoms with van der Waals surface area (Å²) in [6, 6.07) is 4.72. The zero-order valence-electron chi connectivity index (χ0n) is 11.8. The number of imide groups is 1. The van der Waals surface area contributed by atoms with E-state index in [1.807, 2.05) is 0 Å². The van der Waals surface area contributed by atoms with Crippen molar-refractivity contribution >= 4 is 17.5 Å². The second kappa shape index (κ2) is 5.81. The molecule has 0 saturated carbocycles. The summed E-state index contributed by atoms with van der Waals surface area (Å²) in [7, 11) is 3.11. The van der Waals surface area contributed by atoms with Crippen molar-refractivity contribution in [1.29, 1.82) is 0 Å². The van der Waals surface area contributed by atoms with Crippen LogP contribution in [0.3, 0.4) is 0 Å². The fourth-order valence-electron chi connectivity index (χ4n) is 2.23. The molecule has 0 aliphatic carbocycles. The normalized spacial score (nSPS) is 18.4. The summed E-state index contributed by atoms with van der Waals surface area (Å²) < 4.78 is 10.4. The molecule has 1 N–H and O–H groups in total. The van der Waals surface area contributed by atoms with Gasteiger partial charge < -0.3 is 14.8 Å². The Morgan fingerprint density at radius 1 is 1.30 bits per heavy atom. The molecule has 0 spiro atoms. The molecular weight excluding hydrogens is 260 g/mol. The largest absolute Gasteiger partial charge is 0.497 e. The maximum Gasteiger partial charge on any atom is 0.252 e. The first-order valence-electron chi connectivity index (χ1n) is 6.43. The summed E-state index contributed by atoms with van der Waals surface area (Å²) >= 11 is 0. The van der Waals surface area contributed by atoms with E-state index in [9.17, 15) is 9.59 Å². The molecule has 1 atom stereocenters. The molecule has 1 saturated heterocycles. The number of rotatable bonds is 5. The highest BCUT2D eigenvalue weighted by molar-refractivity contribution is 6.06. The van der Waals surface area contributed by atoms with Crippen LogP contribution in [0.5, 0.6) is 11.5 Å². The average Bonchev–Trinajstić information content (AvgIpc) is 2.73. The average molecular weight is 278 g/mol. The maximum absolute atomic E-state index is 12.1. The van der Waals surface area contributed by atoms with Gasteiger partial charge in [-0.2, -0.15) is 0 Å². The van der Waals surface area contributed by atoms with Gasteiger partial charge >= 0.3 is 0 Å². The van der Waals surface area contributed by atoms with Crippen LogP contribution in [-0.4, -0.2) is 43.5 Å². The van der Waals surface area contributed by atoms with E-state index < -0.39 is 6.04 Å². The van der Waals surface area contributed by atoms with Crippen LogP contribution in [0.4, 0.5) is 5.69 Å². The molecule has 2 amide bonds. The van der Waals surface area contributed by atoms with Gasteiger partial charge in [-0.1, -0.05) is 0 Å². The predicted molar refractivity (Wildman–Crippen MR) is 74.0 cm³/mol. The molecule has 1 aliphatic heterocycles. The van der Waals surface area contributed by atoms with Crippen LogP contribution in [0.15, 0.2) is 18.2 Å². The topological polar surface area (TPSA) is 67.9 Å². The fourth-order valence-corrected chi connectivity index (χ4v) is 2.23. The van der Waals surface area contributed by atoms with Crippen molar-refractivity contribution in [2.75, 3.05) is 26.1 Å². The van der Waals surface area contributed by atoms with E-state index in [0.29, 0.717) is 23.7 Å². The quantitative estimate of drug-likeness (QED) is 0.821. The lowest BCUT2D eigenvalue weighted by Gasteiger charge is -2.16. The van der Waals surface area contributed by atoms with Crippen molar-refractivity contribution in [3.05, 3.63) is 18.2 Å². The zero-order chi connectivity index (χ0) is 14.7. The van der Waals surface area contributed by atoms with Crippen molar-refractivity contribution in [3.63, 3.8) is 0 Å². The molecular formula is C14H18N2O4. The van der Waals surface area contributed by atoms with Crippen LogP contribution in [0, 0.1) is 0 Å². The molecule has 2 rings (SSSR count). The summed E-state index contributed by atoms with van der Waals surface area (Å²) in [4.78, 5) is 25.0. The van der Waals surface area contributed by atoms with Gasteiger partial charge in [-0.25, -0.2) is 0 Å². The molecule has 6 heteroatoms. The number of nitrogens with one attached hydrogen (secondary N) is 1. The first-order chi connectivity index (χ1) is 9.60. The first kappa shape index (κ1) is 14.2. The Balaban J connectivity index is 2.18. The number of ether oxygens (including phenoxy) is 2. The molecule has 6 nitrogen and oxygen atoms in total. The molecule has 0 radical (unpaired) electrons. The second-order valence-corrected chi connectivity index (χ2v) is 4.44. The van der Waals surface area contributed by atoms with E-state index in [-0.39, 0.29) is 18.2 Å². The lowest BCUT2D eigenvalue weighted by atomic mass is 10.2. The Labute approximate surface area is 117 Å². The molecule has 0 bridgehead atoms. The number of nitrogens with zero attached hydrogens (tertiary/aromatic N) is 1. The molecule has 1 unspecified atom stereocenters. The highest BCUT2D eigenvalue weighted by Crippen LogP contribution is 2.30. The maximum atomic E-state index is 12.1. The molecule has 1 aromatic carbocycles. The molecule has 108 valence electrons. The van der Waals surface area contributed by atoms with Crippen LogP contribution in [-0.2, 0) is 9.59 Å². The SMILES string of the molecule is CCN1C(=O)CC(Nc2ccc(OC)cc2OC)C1=O. The summed E-state index contributed by atoms with van der Waals surface area (Å²) in [5.74, 6) is 0.883. The molecule has 0 aromatic heterocycles. The van der Waals surface area contributed by atoms with Gasteiger partial charge in [-0.3, -0.25) is 14.5 Å². The zero-order valence-corrected chi connectivity index (χ0v) is 11.8. The van der Waals surface area contributed by atoms with Crippen LogP contribution >= 0.6 is 0 Å². The van der Waals surface area contributed by atoms with Crippen LogP contribution < -0.4 is 14.8 Å². The van der Waals surface area contributed by atoms with Crippen LogP contribution in [0.2, 0.25) is 0 Å². The fraction of sp³-hybridized carbons (Fsp3) is 0.429. The van der Waals surface area contributed by atoms with Crippen molar-refractivity contribution in [2.24, 2.45) is 0 Å². The lowest BCUT2D eigenvalue weighted by molar-refractivity contribution is -0.138. The lowest BCUT2D eigenvalue weighted by Crippen LogP contribution is -2.34. The summed E-state index contributed by atoms with van der Waals surface area (Å²) in [5, 5.41) is 3.06. The third-order valence-electron chi connectivity index (χ3n) is 3.30. The molecule has 20 heavy (non-hydrogen) atoms. The Kier molecular flexibility index (Phi) is 4.12. The monoisotopic (exact) mass is 278 g/mol. The van der Waals surface area contributed by atoms with E-state index in [1.165, 1.54) is 4.90 Å². The molecule has 1 fully saturated rings. The highest BCUT2D eigenvalue weighted by atomic mass is 16.5. The van der Waals surface area contributed by atoms with E-state index in [4.69, 9.17) is 9.47 Å². The van der Waals surface area contributed by atoms with Crippen molar-refractivity contribution in [2.45, 2.75) is 19.4 Å². The minimum absolute atomic E-state index is 0.150. The van der Waals surface area contributed by atoms with Gasteiger partial charge in [-0.15, -0.1) is 0 Å². The Bertz CT molecular complexity index is 530. The standard InChI is InChI=1S/C14H18N2O4/c1-4-16-13(17)8-11(14(16)18)15-10-6-5-9(19-2)7-12(10)20-3/h5-7,11,15H,4,8H2,1-3H3. The van der Waals surface area contributed by atoms with E-state index >= 15 is 0 Å². The van der Waals surface area contributed by atoms with E-state index in [0.717, 1.165) is 0 Å². The summed E-state index contributed by atoms with van der Waals surface area (Å²) in [6.07, 6.45) is 0.169. The number of carbonyl (C=O) groups excluding carboxylic acids is 2. The van der Waals surface area contributed by atoms with Crippen LogP contribution in [0.1, 0.15) is 13.3 Å². The van der Waals surface area contributed by atoms with Crippen molar-refractivity contribution in [1.82, 2.24) is 4.90 Å². The van der Waals surface area contributed by atoms with Crippen molar-refractivity contribution < 1.29 is 19.1 Å². The van der Waals surface area contributed by atoms with Crippen LogP contribution in [0.25, 0.3) is 0 Å². The highest BCUT2D eigenvalue weighted by Gasteiger charge is 2.37. The predicted octanol–water partition coefficient (Wildman–Crippen LogP) is 1.26. The Morgan fingerprint density at radius 2 is 2.05 bits per heavy atom. The minimum Gasteiger partial charge on any atom is -0.497 e. The second-order valence-electron chi connectivity index (χ2n) is 4.44. The van der Waals surface area contributed by atoms with Gasteiger partial charge in [-0.05, 0) is 19.1 Å². The molecule has 1 heterocycles. The number of hydrogen-bond acceptors (Lipinski definition) is 5. The third kappa shape index (κ3) is 2.54. The summed E-state index contributed by atoms with van der Waals surface area (Å²) in [5.41, 5.74) is 0.664. The molecule has 1 aliphatic rings. The van der Waals surface area contributed by atoms with Crippen molar-refractivity contribution in [3.8, 4) is 11.5 Å². The van der Waals surface area contributed by atoms with Gasteiger partial charge in [0.15, 0.2) is 0 Å². The number of benzene rings is 1. The number of likely N-dealkylation sites (N-methyl/N-ethyl adjacent to an activating group) is 1. The third-order valence-corrected chi connectivity index (χ3v) is 3.30. The van der Waals surface area contributed by atoms with Gasteiger partial charge in [0.1, 0.15) is 17.5 Å². The number of likely N-dealkylation sites (tertiary alicyclic amines) is 1. The number of hydrogen-bond donors (Lipinski definition) is 1.